The van der Waals surface area contributed by atoms with Crippen molar-refractivity contribution in [3.63, 3.8) is 0 Å². The highest BCUT2D eigenvalue weighted by Crippen LogP contribution is 2.23. The molecule has 0 unspecified atom stereocenters. The molecule has 0 spiro atoms. The standard InChI is InChI=1S/C18H19N/c1-4-8-16-11-5-6-12-17(16)13-19-18-14(2)9-7-10-15(18)3/h4-7,9-13H,1,8H2,2-3H3. The van der Waals surface area contributed by atoms with Crippen molar-refractivity contribution in [1.29, 1.82) is 0 Å². The average Bonchev–Trinajstić information content (AvgIpc) is 2.40. The quantitative estimate of drug-likeness (QED) is 0.546. The van der Waals surface area contributed by atoms with Crippen LogP contribution in [-0.2, 0) is 6.42 Å². The predicted octanol–water partition coefficient (Wildman–Crippen LogP) is 4.78. The molecule has 0 atom stereocenters. The lowest BCUT2D eigenvalue weighted by Crippen LogP contribution is -1.91. The van der Waals surface area contributed by atoms with Crippen molar-refractivity contribution in [2.24, 2.45) is 4.99 Å². The Kier molecular flexibility index (Phi) is 4.30. The lowest BCUT2D eigenvalue weighted by Gasteiger charge is -2.05. The van der Waals surface area contributed by atoms with Crippen LogP contribution in [0.4, 0.5) is 5.69 Å². The molecule has 0 aromatic heterocycles. The van der Waals surface area contributed by atoms with Gasteiger partial charge in [-0.25, -0.2) is 0 Å². The molecule has 0 radical (unpaired) electrons. The molecule has 19 heavy (non-hydrogen) atoms. The molecule has 0 saturated heterocycles. The number of rotatable bonds is 4. The van der Waals surface area contributed by atoms with Crippen molar-refractivity contribution in [3.8, 4) is 0 Å². The van der Waals surface area contributed by atoms with Gasteiger partial charge >= 0.3 is 0 Å². The minimum absolute atomic E-state index is 0.870. The lowest BCUT2D eigenvalue weighted by atomic mass is 10.1. The monoisotopic (exact) mass is 249 g/mol. The summed E-state index contributed by atoms with van der Waals surface area (Å²) in [4.78, 5) is 4.66. The zero-order valence-corrected chi connectivity index (χ0v) is 11.6. The number of hydrogen-bond acceptors (Lipinski definition) is 1. The number of aliphatic imine (C=N–C) groups is 1. The van der Waals surface area contributed by atoms with Gasteiger partial charge in [-0.3, -0.25) is 4.99 Å². The second-order valence-electron chi connectivity index (χ2n) is 4.69. The van der Waals surface area contributed by atoms with Gasteiger partial charge in [0, 0.05) is 6.21 Å². The normalized spacial score (nSPS) is 10.8. The summed E-state index contributed by atoms with van der Waals surface area (Å²) in [6.45, 7) is 7.98. The van der Waals surface area contributed by atoms with Crippen LogP contribution in [0.5, 0.6) is 0 Å². The van der Waals surface area contributed by atoms with Gasteiger partial charge in [0.15, 0.2) is 0 Å². The van der Waals surface area contributed by atoms with Gasteiger partial charge in [0.1, 0.15) is 0 Å². The Morgan fingerprint density at radius 2 is 1.68 bits per heavy atom. The van der Waals surface area contributed by atoms with Gasteiger partial charge in [-0.1, -0.05) is 48.5 Å². The van der Waals surface area contributed by atoms with Crippen LogP contribution >= 0.6 is 0 Å². The maximum atomic E-state index is 4.66. The maximum absolute atomic E-state index is 4.66. The maximum Gasteiger partial charge on any atom is 0.0688 e. The first-order valence-electron chi connectivity index (χ1n) is 6.51. The van der Waals surface area contributed by atoms with Crippen molar-refractivity contribution in [1.82, 2.24) is 0 Å². The minimum Gasteiger partial charge on any atom is -0.256 e. The Labute approximate surface area is 115 Å². The third-order valence-corrected chi connectivity index (χ3v) is 3.19. The van der Waals surface area contributed by atoms with Crippen LogP contribution in [0.1, 0.15) is 22.3 Å². The number of hydrogen-bond donors (Lipinski definition) is 0. The van der Waals surface area contributed by atoms with E-state index in [1.807, 2.05) is 18.4 Å². The largest absolute Gasteiger partial charge is 0.256 e. The molecular formula is C18H19N. The second kappa shape index (κ2) is 6.14. The molecule has 1 nitrogen and oxygen atoms in total. The van der Waals surface area contributed by atoms with Gasteiger partial charge in [0.2, 0.25) is 0 Å². The van der Waals surface area contributed by atoms with Crippen molar-refractivity contribution in [2.45, 2.75) is 20.3 Å². The van der Waals surface area contributed by atoms with E-state index in [4.69, 9.17) is 0 Å². The SMILES string of the molecule is C=CCc1ccccc1C=Nc1c(C)cccc1C. The summed E-state index contributed by atoms with van der Waals surface area (Å²) in [5.41, 5.74) is 5.89. The smallest absolute Gasteiger partial charge is 0.0688 e. The van der Waals surface area contributed by atoms with Crippen molar-refractivity contribution < 1.29 is 0 Å². The van der Waals surface area contributed by atoms with Gasteiger partial charge in [0.25, 0.3) is 0 Å². The fourth-order valence-corrected chi connectivity index (χ4v) is 2.14. The highest BCUT2D eigenvalue weighted by molar-refractivity contribution is 5.84. The zero-order chi connectivity index (χ0) is 13.7. The van der Waals surface area contributed by atoms with E-state index in [9.17, 15) is 0 Å². The molecule has 0 aliphatic carbocycles. The lowest BCUT2D eigenvalue weighted by molar-refractivity contribution is 1.26. The molecule has 0 amide bonds. The molecule has 2 aromatic carbocycles. The van der Waals surface area contributed by atoms with Crippen LogP contribution < -0.4 is 0 Å². The van der Waals surface area contributed by atoms with E-state index in [1.54, 1.807) is 0 Å². The molecule has 0 heterocycles. The fraction of sp³-hybridized carbons (Fsp3) is 0.167. The third-order valence-electron chi connectivity index (χ3n) is 3.19. The van der Waals surface area contributed by atoms with Crippen LogP contribution in [0, 0.1) is 13.8 Å². The summed E-state index contributed by atoms with van der Waals surface area (Å²) in [7, 11) is 0. The Bertz CT molecular complexity index is 589. The van der Waals surface area contributed by atoms with Crippen LogP contribution in [0.25, 0.3) is 0 Å². The Balaban J connectivity index is 2.35. The van der Waals surface area contributed by atoms with E-state index in [1.165, 1.54) is 16.7 Å². The first-order valence-corrected chi connectivity index (χ1v) is 6.51. The second-order valence-corrected chi connectivity index (χ2v) is 4.69. The van der Waals surface area contributed by atoms with Gasteiger partial charge in [0.05, 0.1) is 5.69 Å². The molecule has 96 valence electrons. The Morgan fingerprint density at radius 1 is 1.00 bits per heavy atom. The van der Waals surface area contributed by atoms with E-state index < -0.39 is 0 Å². The van der Waals surface area contributed by atoms with Gasteiger partial charge < -0.3 is 0 Å². The van der Waals surface area contributed by atoms with Crippen molar-refractivity contribution in [2.75, 3.05) is 0 Å². The van der Waals surface area contributed by atoms with Crippen molar-refractivity contribution in [3.05, 3.63) is 77.4 Å². The Hall–Kier alpha value is -2.15. The highest BCUT2D eigenvalue weighted by Gasteiger charge is 2.00. The number of nitrogens with zero attached hydrogens (tertiary/aromatic N) is 1. The summed E-state index contributed by atoms with van der Waals surface area (Å²) < 4.78 is 0. The molecule has 0 N–H and O–H groups in total. The van der Waals surface area contributed by atoms with Crippen molar-refractivity contribution >= 4 is 11.9 Å². The average molecular weight is 249 g/mol. The minimum atomic E-state index is 0.870. The summed E-state index contributed by atoms with van der Waals surface area (Å²) in [5, 5.41) is 0. The van der Waals surface area contributed by atoms with Gasteiger partial charge in [-0.05, 0) is 42.5 Å². The van der Waals surface area contributed by atoms with E-state index in [0.717, 1.165) is 17.7 Å². The molecule has 0 saturated carbocycles. The van der Waals surface area contributed by atoms with E-state index >= 15 is 0 Å². The molecule has 2 aromatic rings. The molecule has 0 fully saturated rings. The van der Waals surface area contributed by atoms with E-state index in [-0.39, 0.29) is 0 Å². The third kappa shape index (κ3) is 3.19. The van der Waals surface area contributed by atoms with Crippen LogP contribution in [-0.4, -0.2) is 6.21 Å². The molecule has 1 heteroatoms. The number of para-hydroxylation sites is 1. The zero-order valence-electron chi connectivity index (χ0n) is 11.6. The topological polar surface area (TPSA) is 12.4 Å². The summed E-state index contributed by atoms with van der Waals surface area (Å²) >= 11 is 0. The fourth-order valence-electron chi connectivity index (χ4n) is 2.14. The van der Waals surface area contributed by atoms with Crippen LogP contribution in [0.15, 0.2) is 60.1 Å². The summed E-state index contributed by atoms with van der Waals surface area (Å²) in [6, 6.07) is 14.6. The summed E-state index contributed by atoms with van der Waals surface area (Å²) in [5.74, 6) is 0. The molecule has 0 aliphatic heterocycles. The number of benzene rings is 2. The first kappa shape index (κ1) is 13.3. The first-order chi connectivity index (χ1) is 9.22. The van der Waals surface area contributed by atoms with E-state index in [2.05, 4.69) is 61.8 Å². The van der Waals surface area contributed by atoms with Gasteiger partial charge in [-0.2, -0.15) is 0 Å². The van der Waals surface area contributed by atoms with Crippen LogP contribution in [0.2, 0.25) is 0 Å². The number of allylic oxidation sites excluding steroid dienone is 1. The molecule has 2 rings (SSSR count). The number of aryl methyl sites for hydroxylation is 2. The predicted molar refractivity (Wildman–Crippen MR) is 83.5 cm³/mol. The van der Waals surface area contributed by atoms with Gasteiger partial charge in [-0.15, -0.1) is 6.58 Å². The Morgan fingerprint density at radius 3 is 2.37 bits per heavy atom. The van der Waals surface area contributed by atoms with Crippen LogP contribution in [0.3, 0.4) is 0 Å². The van der Waals surface area contributed by atoms with E-state index in [0.29, 0.717) is 0 Å². The highest BCUT2D eigenvalue weighted by atomic mass is 14.7. The molecule has 0 bridgehead atoms. The molecule has 0 aliphatic rings. The molecular weight excluding hydrogens is 230 g/mol. The summed E-state index contributed by atoms with van der Waals surface area (Å²) in [6.07, 6.45) is 4.74.